The third-order valence-electron chi connectivity index (χ3n) is 1.75. The smallest absolute Gasteiger partial charge is 0.422 e. The van der Waals surface area contributed by atoms with Gasteiger partial charge >= 0.3 is 7.12 Å². The average Bonchev–Trinajstić information content (AvgIpc) is 2.17. The highest BCUT2D eigenvalue weighted by atomic mass is 16.4. The topological polar surface area (TPSA) is 66.2 Å². The molecule has 2 aromatic rings. The first-order valence-electron chi connectivity index (χ1n) is 3.85. The zero-order valence-electron chi connectivity index (χ0n) is 6.75. The van der Waals surface area contributed by atoms with Crippen LogP contribution >= 0.6 is 0 Å². The number of fused-ring (bicyclic) bond motifs is 1. The van der Waals surface area contributed by atoms with Gasteiger partial charge in [0.1, 0.15) is 0 Å². The summed E-state index contributed by atoms with van der Waals surface area (Å²) >= 11 is 0. The molecule has 64 valence electrons. The van der Waals surface area contributed by atoms with Crippen molar-refractivity contribution in [1.29, 1.82) is 0 Å². The molecule has 0 saturated heterocycles. The SMILES string of the molecule is OB(O)c1ccc2cccnc2n1. The number of rotatable bonds is 1. The maximum Gasteiger partial charge on any atom is 0.508 e. The van der Waals surface area contributed by atoms with E-state index in [1.54, 1.807) is 24.4 Å². The molecule has 0 spiro atoms. The van der Waals surface area contributed by atoms with Crippen LogP contribution in [0.4, 0.5) is 0 Å². The Balaban J connectivity index is 2.62. The molecule has 0 aliphatic heterocycles. The molecule has 5 heteroatoms. The Labute approximate surface area is 75.0 Å². The number of aromatic nitrogens is 2. The lowest BCUT2D eigenvalue weighted by Crippen LogP contribution is -2.32. The van der Waals surface area contributed by atoms with Gasteiger partial charge in [0.2, 0.25) is 0 Å². The molecule has 0 bridgehead atoms. The van der Waals surface area contributed by atoms with Gasteiger partial charge in [-0.1, -0.05) is 6.07 Å². The summed E-state index contributed by atoms with van der Waals surface area (Å²) in [6, 6.07) is 6.99. The van der Waals surface area contributed by atoms with Crippen molar-refractivity contribution in [3.05, 3.63) is 30.5 Å². The van der Waals surface area contributed by atoms with Crippen LogP contribution in [-0.2, 0) is 0 Å². The van der Waals surface area contributed by atoms with E-state index in [0.717, 1.165) is 5.39 Å². The van der Waals surface area contributed by atoms with Crippen LogP contribution in [-0.4, -0.2) is 27.1 Å². The molecule has 2 aromatic heterocycles. The molecule has 0 amide bonds. The Morgan fingerprint density at radius 3 is 2.77 bits per heavy atom. The van der Waals surface area contributed by atoms with Crippen molar-refractivity contribution in [2.75, 3.05) is 0 Å². The summed E-state index contributed by atoms with van der Waals surface area (Å²) < 4.78 is 0. The molecule has 0 aliphatic rings. The van der Waals surface area contributed by atoms with Crippen LogP contribution in [0.25, 0.3) is 11.0 Å². The summed E-state index contributed by atoms with van der Waals surface area (Å²) in [7, 11) is -1.54. The van der Waals surface area contributed by atoms with E-state index in [4.69, 9.17) is 10.0 Å². The second-order valence-electron chi connectivity index (χ2n) is 2.66. The average molecular weight is 174 g/mol. The number of pyridine rings is 2. The van der Waals surface area contributed by atoms with E-state index in [-0.39, 0.29) is 5.59 Å². The van der Waals surface area contributed by atoms with E-state index in [2.05, 4.69) is 9.97 Å². The highest BCUT2D eigenvalue weighted by Crippen LogP contribution is 2.04. The van der Waals surface area contributed by atoms with Crippen LogP contribution in [0.5, 0.6) is 0 Å². The monoisotopic (exact) mass is 174 g/mol. The Hall–Kier alpha value is -1.46. The Morgan fingerprint density at radius 1 is 1.15 bits per heavy atom. The Bertz CT molecular complexity index is 433. The third-order valence-corrected chi connectivity index (χ3v) is 1.75. The molecule has 2 heterocycles. The number of nitrogens with zero attached hydrogens (tertiary/aromatic N) is 2. The fourth-order valence-corrected chi connectivity index (χ4v) is 1.11. The maximum absolute atomic E-state index is 8.85. The lowest BCUT2D eigenvalue weighted by molar-refractivity contribution is 0.424. The van der Waals surface area contributed by atoms with Gasteiger partial charge in [0.15, 0.2) is 5.65 Å². The Morgan fingerprint density at radius 2 is 2.00 bits per heavy atom. The molecule has 0 fully saturated rings. The summed E-state index contributed by atoms with van der Waals surface area (Å²) in [5.74, 6) is 0. The van der Waals surface area contributed by atoms with Crippen LogP contribution in [0.3, 0.4) is 0 Å². The van der Waals surface area contributed by atoms with Gasteiger partial charge in [-0.15, -0.1) is 0 Å². The molecular formula is C8H7BN2O2. The van der Waals surface area contributed by atoms with Gasteiger partial charge in [-0.3, -0.25) is 0 Å². The van der Waals surface area contributed by atoms with Crippen molar-refractivity contribution >= 4 is 23.7 Å². The van der Waals surface area contributed by atoms with Crippen LogP contribution < -0.4 is 5.59 Å². The zero-order valence-corrected chi connectivity index (χ0v) is 6.75. The van der Waals surface area contributed by atoms with Crippen LogP contribution in [0.2, 0.25) is 0 Å². The fraction of sp³-hybridized carbons (Fsp3) is 0. The second kappa shape index (κ2) is 3.12. The molecular weight excluding hydrogens is 167 g/mol. The van der Waals surface area contributed by atoms with E-state index >= 15 is 0 Å². The van der Waals surface area contributed by atoms with Gasteiger partial charge in [-0.05, 0) is 18.2 Å². The maximum atomic E-state index is 8.85. The van der Waals surface area contributed by atoms with Gasteiger partial charge in [-0.2, -0.15) is 0 Å². The quantitative estimate of drug-likeness (QED) is 0.561. The molecule has 2 N–H and O–H groups in total. The minimum atomic E-state index is -1.54. The normalized spacial score (nSPS) is 10.3. The first-order chi connectivity index (χ1) is 6.27. The summed E-state index contributed by atoms with van der Waals surface area (Å²) in [5.41, 5.74) is 0.735. The minimum absolute atomic E-state index is 0.214. The molecule has 0 unspecified atom stereocenters. The molecule has 0 aliphatic carbocycles. The Kier molecular flexibility index (Phi) is 1.96. The summed E-state index contributed by atoms with van der Waals surface area (Å²) in [5, 5.41) is 18.6. The van der Waals surface area contributed by atoms with Gasteiger partial charge in [0.05, 0.1) is 5.59 Å². The summed E-state index contributed by atoms with van der Waals surface area (Å²) in [6.07, 6.45) is 1.61. The van der Waals surface area contributed by atoms with Crippen molar-refractivity contribution in [1.82, 2.24) is 9.97 Å². The lowest BCUT2D eigenvalue weighted by Gasteiger charge is -1.99. The van der Waals surface area contributed by atoms with Gasteiger partial charge in [-0.25, -0.2) is 9.97 Å². The first kappa shape index (κ1) is 8.16. The van der Waals surface area contributed by atoms with E-state index in [0.29, 0.717) is 5.65 Å². The largest absolute Gasteiger partial charge is 0.508 e. The van der Waals surface area contributed by atoms with Gasteiger partial charge in [0, 0.05) is 11.6 Å². The molecule has 0 radical (unpaired) electrons. The molecule has 13 heavy (non-hydrogen) atoms. The van der Waals surface area contributed by atoms with Crippen LogP contribution in [0, 0.1) is 0 Å². The van der Waals surface area contributed by atoms with E-state index < -0.39 is 7.12 Å². The summed E-state index contributed by atoms with van der Waals surface area (Å²) in [4.78, 5) is 7.95. The molecule has 2 rings (SSSR count). The zero-order chi connectivity index (χ0) is 9.26. The van der Waals surface area contributed by atoms with Crippen LogP contribution in [0.1, 0.15) is 0 Å². The van der Waals surface area contributed by atoms with Crippen molar-refractivity contribution in [2.24, 2.45) is 0 Å². The number of hydrogen-bond acceptors (Lipinski definition) is 4. The van der Waals surface area contributed by atoms with E-state index in [1.807, 2.05) is 6.07 Å². The predicted molar refractivity (Wildman–Crippen MR) is 49.4 cm³/mol. The lowest BCUT2D eigenvalue weighted by atomic mass is 9.85. The van der Waals surface area contributed by atoms with Crippen molar-refractivity contribution in [3.63, 3.8) is 0 Å². The van der Waals surface area contributed by atoms with Crippen LogP contribution in [0.15, 0.2) is 30.5 Å². The van der Waals surface area contributed by atoms with E-state index in [1.165, 1.54) is 0 Å². The molecule has 4 nitrogen and oxygen atoms in total. The van der Waals surface area contributed by atoms with Crippen molar-refractivity contribution < 1.29 is 10.0 Å². The van der Waals surface area contributed by atoms with Gasteiger partial charge in [0.25, 0.3) is 0 Å². The van der Waals surface area contributed by atoms with Crippen molar-refractivity contribution in [3.8, 4) is 0 Å². The highest BCUT2D eigenvalue weighted by Gasteiger charge is 2.12. The fourth-order valence-electron chi connectivity index (χ4n) is 1.11. The molecule has 0 atom stereocenters. The number of hydrogen-bond donors (Lipinski definition) is 2. The minimum Gasteiger partial charge on any atom is -0.422 e. The first-order valence-corrected chi connectivity index (χ1v) is 3.85. The predicted octanol–water partition coefficient (Wildman–Crippen LogP) is -0.690. The van der Waals surface area contributed by atoms with Crippen molar-refractivity contribution in [2.45, 2.75) is 0 Å². The molecule has 0 aromatic carbocycles. The summed E-state index contributed by atoms with van der Waals surface area (Å²) in [6.45, 7) is 0. The second-order valence-corrected chi connectivity index (χ2v) is 2.66. The third kappa shape index (κ3) is 1.51. The standard InChI is InChI=1S/C8H7BN2O2/c12-9(13)7-4-3-6-2-1-5-10-8(6)11-7/h1-5,12-13H. The van der Waals surface area contributed by atoms with E-state index in [9.17, 15) is 0 Å². The highest BCUT2D eigenvalue weighted by molar-refractivity contribution is 6.57. The molecule has 0 saturated carbocycles. The van der Waals surface area contributed by atoms with Gasteiger partial charge < -0.3 is 10.0 Å².